The van der Waals surface area contributed by atoms with Gasteiger partial charge in [-0.2, -0.15) is 5.26 Å². The molecule has 0 aliphatic carbocycles. The van der Waals surface area contributed by atoms with Crippen LogP contribution in [0.1, 0.15) is 38.5 Å². The van der Waals surface area contributed by atoms with Crippen molar-refractivity contribution >= 4 is 0 Å². The zero-order valence-electron chi connectivity index (χ0n) is 9.67. The van der Waals surface area contributed by atoms with E-state index in [2.05, 4.69) is 16.3 Å². The summed E-state index contributed by atoms with van der Waals surface area (Å²) in [5, 5.41) is 11.8. The van der Waals surface area contributed by atoms with E-state index in [0.29, 0.717) is 6.42 Å². The number of nitrogens with one attached hydrogen (secondary N) is 1. The minimum atomic E-state index is 0.704. The van der Waals surface area contributed by atoms with E-state index >= 15 is 0 Å². The molecule has 1 rings (SSSR count). The highest BCUT2D eigenvalue weighted by Gasteiger charge is 2.09. The van der Waals surface area contributed by atoms with Gasteiger partial charge in [0.15, 0.2) is 0 Å². The summed E-state index contributed by atoms with van der Waals surface area (Å²) in [5.41, 5.74) is 0. The summed E-state index contributed by atoms with van der Waals surface area (Å²) in [5.74, 6) is 0. The maximum Gasteiger partial charge on any atom is 0.0621 e. The number of hydrogen-bond acceptors (Lipinski definition) is 3. The molecule has 1 saturated heterocycles. The van der Waals surface area contributed by atoms with E-state index in [9.17, 15) is 0 Å². The Hall–Kier alpha value is -0.590. The maximum absolute atomic E-state index is 8.35. The number of nitrogens with zero attached hydrogens (tertiary/aromatic N) is 2. The van der Waals surface area contributed by atoms with Crippen LogP contribution >= 0.6 is 0 Å². The van der Waals surface area contributed by atoms with Gasteiger partial charge < -0.3 is 10.2 Å². The first kappa shape index (κ1) is 12.5. The molecular formula is C12H23N3. The summed E-state index contributed by atoms with van der Waals surface area (Å²) in [6, 6.07) is 2.17. The van der Waals surface area contributed by atoms with Gasteiger partial charge in [-0.15, -0.1) is 0 Å². The third-order valence-electron chi connectivity index (χ3n) is 2.92. The lowest BCUT2D eigenvalue weighted by Gasteiger charge is -2.14. The SMILES string of the molecule is N#CCCCCNCCCN1CCCC1. The van der Waals surface area contributed by atoms with Gasteiger partial charge in [0, 0.05) is 6.42 Å². The Balaban J connectivity index is 1.75. The Morgan fingerprint density at radius 3 is 2.53 bits per heavy atom. The number of unbranched alkanes of at least 4 members (excludes halogenated alkanes) is 2. The molecule has 86 valence electrons. The van der Waals surface area contributed by atoms with Gasteiger partial charge in [0.05, 0.1) is 6.07 Å². The highest BCUT2D eigenvalue weighted by Crippen LogP contribution is 2.06. The van der Waals surface area contributed by atoms with Gasteiger partial charge >= 0.3 is 0 Å². The Morgan fingerprint density at radius 1 is 1.07 bits per heavy atom. The van der Waals surface area contributed by atoms with Crippen molar-refractivity contribution in [1.29, 1.82) is 5.26 Å². The molecule has 0 radical (unpaired) electrons. The van der Waals surface area contributed by atoms with Crippen molar-refractivity contribution in [2.75, 3.05) is 32.7 Å². The van der Waals surface area contributed by atoms with Crippen LogP contribution in [0.15, 0.2) is 0 Å². The Bertz CT molecular complexity index is 180. The first-order valence-corrected chi connectivity index (χ1v) is 6.23. The second-order valence-corrected chi connectivity index (χ2v) is 4.27. The van der Waals surface area contributed by atoms with Gasteiger partial charge in [0.2, 0.25) is 0 Å². The lowest BCUT2D eigenvalue weighted by atomic mass is 10.2. The first-order valence-electron chi connectivity index (χ1n) is 6.23. The van der Waals surface area contributed by atoms with Crippen LogP contribution in [0.2, 0.25) is 0 Å². The van der Waals surface area contributed by atoms with E-state index in [1.165, 1.54) is 38.9 Å². The van der Waals surface area contributed by atoms with Gasteiger partial charge in [0.1, 0.15) is 0 Å². The normalized spacial score (nSPS) is 16.7. The Kier molecular flexibility index (Phi) is 7.24. The molecule has 0 spiro atoms. The fourth-order valence-corrected chi connectivity index (χ4v) is 2.01. The van der Waals surface area contributed by atoms with Gasteiger partial charge in [-0.1, -0.05) is 0 Å². The van der Waals surface area contributed by atoms with Crippen molar-refractivity contribution in [3.8, 4) is 6.07 Å². The molecular weight excluding hydrogens is 186 g/mol. The molecule has 1 aliphatic heterocycles. The second-order valence-electron chi connectivity index (χ2n) is 4.27. The summed E-state index contributed by atoms with van der Waals surface area (Å²) in [7, 11) is 0. The molecule has 0 bridgehead atoms. The molecule has 15 heavy (non-hydrogen) atoms. The predicted octanol–water partition coefficient (Wildman–Crippen LogP) is 1.76. The summed E-state index contributed by atoms with van der Waals surface area (Å²) in [6.07, 6.45) is 6.92. The van der Waals surface area contributed by atoms with Crippen LogP contribution in [-0.4, -0.2) is 37.6 Å². The quantitative estimate of drug-likeness (QED) is 0.619. The zero-order valence-corrected chi connectivity index (χ0v) is 9.67. The van der Waals surface area contributed by atoms with E-state index in [4.69, 9.17) is 5.26 Å². The van der Waals surface area contributed by atoms with E-state index in [1.807, 2.05) is 0 Å². The molecule has 1 fully saturated rings. The van der Waals surface area contributed by atoms with E-state index in [-0.39, 0.29) is 0 Å². The van der Waals surface area contributed by atoms with Crippen LogP contribution in [-0.2, 0) is 0 Å². The molecule has 1 heterocycles. The predicted molar refractivity (Wildman–Crippen MR) is 62.6 cm³/mol. The molecule has 1 aliphatic rings. The molecule has 3 nitrogen and oxygen atoms in total. The minimum absolute atomic E-state index is 0.704. The lowest BCUT2D eigenvalue weighted by Crippen LogP contribution is -2.25. The number of nitriles is 1. The lowest BCUT2D eigenvalue weighted by molar-refractivity contribution is 0.331. The topological polar surface area (TPSA) is 39.1 Å². The molecule has 0 aromatic heterocycles. The molecule has 0 atom stereocenters. The van der Waals surface area contributed by atoms with Crippen molar-refractivity contribution in [1.82, 2.24) is 10.2 Å². The summed E-state index contributed by atoms with van der Waals surface area (Å²) < 4.78 is 0. The fourth-order valence-electron chi connectivity index (χ4n) is 2.01. The molecule has 0 saturated carbocycles. The van der Waals surface area contributed by atoms with Gasteiger partial charge in [0.25, 0.3) is 0 Å². The minimum Gasteiger partial charge on any atom is -0.317 e. The fraction of sp³-hybridized carbons (Fsp3) is 0.917. The van der Waals surface area contributed by atoms with Crippen molar-refractivity contribution in [2.45, 2.75) is 38.5 Å². The molecule has 0 amide bonds. The molecule has 0 aromatic rings. The standard InChI is InChI=1S/C12H23N3/c13-7-2-1-3-8-14-9-6-12-15-10-4-5-11-15/h14H,1-6,8-12H2. The third kappa shape index (κ3) is 6.48. The third-order valence-corrected chi connectivity index (χ3v) is 2.92. The van der Waals surface area contributed by atoms with Crippen LogP contribution < -0.4 is 5.32 Å². The molecule has 0 aromatic carbocycles. The van der Waals surface area contributed by atoms with Crippen molar-refractivity contribution in [2.24, 2.45) is 0 Å². The van der Waals surface area contributed by atoms with Crippen molar-refractivity contribution in [3.05, 3.63) is 0 Å². The van der Waals surface area contributed by atoms with Crippen LogP contribution in [0.5, 0.6) is 0 Å². The number of hydrogen-bond donors (Lipinski definition) is 1. The van der Waals surface area contributed by atoms with Crippen molar-refractivity contribution < 1.29 is 0 Å². The molecule has 0 unspecified atom stereocenters. The van der Waals surface area contributed by atoms with Crippen molar-refractivity contribution in [3.63, 3.8) is 0 Å². The van der Waals surface area contributed by atoms with Gasteiger partial charge in [-0.05, 0) is 64.8 Å². The van der Waals surface area contributed by atoms with E-state index in [0.717, 1.165) is 25.9 Å². The highest BCUT2D eigenvalue weighted by atomic mass is 15.1. The summed E-state index contributed by atoms with van der Waals surface area (Å²) in [6.45, 7) is 6.07. The Morgan fingerprint density at radius 2 is 1.80 bits per heavy atom. The second kappa shape index (κ2) is 8.70. The number of rotatable bonds is 8. The smallest absolute Gasteiger partial charge is 0.0621 e. The largest absolute Gasteiger partial charge is 0.317 e. The average molecular weight is 209 g/mol. The van der Waals surface area contributed by atoms with Crippen LogP contribution in [0.3, 0.4) is 0 Å². The van der Waals surface area contributed by atoms with Crippen LogP contribution in [0.25, 0.3) is 0 Å². The zero-order chi connectivity index (χ0) is 10.8. The maximum atomic E-state index is 8.35. The molecule has 3 heteroatoms. The number of likely N-dealkylation sites (tertiary alicyclic amines) is 1. The van der Waals surface area contributed by atoms with Gasteiger partial charge in [-0.3, -0.25) is 0 Å². The summed E-state index contributed by atoms with van der Waals surface area (Å²) >= 11 is 0. The highest BCUT2D eigenvalue weighted by molar-refractivity contribution is 4.68. The van der Waals surface area contributed by atoms with Crippen LogP contribution in [0.4, 0.5) is 0 Å². The van der Waals surface area contributed by atoms with E-state index < -0.39 is 0 Å². The van der Waals surface area contributed by atoms with Gasteiger partial charge in [-0.25, -0.2) is 0 Å². The van der Waals surface area contributed by atoms with E-state index in [1.54, 1.807) is 0 Å². The first-order chi connectivity index (χ1) is 7.43. The summed E-state index contributed by atoms with van der Waals surface area (Å²) in [4.78, 5) is 2.55. The Labute approximate surface area is 93.5 Å². The monoisotopic (exact) mass is 209 g/mol. The van der Waals surface area contributed by atoms with Crippen LogP contribution in [0, 0.1) is 11.3 Å². The average Bonchev–Trinajstić information content (AvgIpc) is 2.75. The molecule has 1 N–H and O–H groups in total.